The number of carbonyl (C=O) groups is 4. The normalized spacial score (nSPS) is 26.8. The number of nitrogens with one attached hydrogen (secondary N) is 1. The van der Waals surface area contributed by atoms with Gasteiger partial charge in [-0.05, 0) is 0 Å². The summed E-state index contributed by atoms with van der Waals surface area (Å²) in [5.74, 6) is -2.03. The van der Waals surface area contributed by atoms with E-state index in [9.17, 15) is 19.2 Å². The van der Waals surface area contributed by atoms with Gasteiger partial charge in [-0.25, -0.2) is 4.79 Å². The summed E-state index contributed by atoms with van der Waals surface area (Å²) in [6.07, 6.45) is -4.42. The third-order valence-corrected chi connectivity index (χ3v) is 4.45. The van der Waals surface area contributed by atoms with Crippen LogP contribution in [0.3, 0.4) is 0 Å². The molecule has 1 fully saturated rings. The Hall–Kier alpha value is -1.01. The molecule has 0 radical (unpaired) electrons. The molecule has 1 aliphatic rings. The van der Waals surface area contributed by atoms with Crippen molar-refractivity contribution >= 4 is 74.7 Å². The summed E-state index contributed by atoms with van der Waals surface area (Å²) in [7, 11) is 0. The number of carbonyl (C=O) groups excluding carboxylic acids is 4. The van der Waals surface area contributed by atoms with Crippen molar-refractivity contribution in [2.24, 2.45) is 0 Å². The Morgan fingerprint density at radius 2 is 1.52 bits per heavy atom. The second-order valence-corrected chi connectivity index (χ2v) is 9.26. The molecule has 0 aromatic rings. The van der Waals surface area contributed by atoms with E-state index in [4.69, 9.17) is 58.5 Å². The van der Waals surface area contributed by atoms with Gasteiger partial charge in [0.15, 0.2) is 12.2 Å². The lowest BCUT2D eigenvalue weighted by Crippen LogP contribution is -2.65. The van der Waals surface area contributed by atoms with Crippen molar-refractivity contribution in [1.82, 2.24) is 5.32 Å². The van der Waals surface area contributed by atoms with Crippen LogP contribution in [0.5, 0.6) is 0 Å². The van der Waals surface area contributed by atoms with Gasteiger partial charge in [0.05, 0.1) is 0 Å². The third-order valence-electron chi connectivity index (χ3n) is 3.34. The Morgan fingerprint density at radius 1 is 0.966 bits per heavy atom. The molecule has 0 aromatic heterocycles. The summed E-state index contributed by atoms with van der Waals surface area (Å²) in [4.78, 5) is 46.4. The van der Waals surface area contributed by atoms with E-state index in [1.165, 1.54) is 6.92 Å². The monoisotopic (exact) mass is 541 g/mol. The Bertz CT molecular complexity index is 631. The Morgan fingerprint density at radius 3 is 2.00 bits per heavy atom. The second kappa shape index (κ2) is 11.4. The molecule has 1 N–H and O–H groups in total. The molecule has 1 heterocycles. The van der Waals surface area contributed by atoms with Gasteiger partial charge in [0.1, 0.15) is 30.4 Å². The molecule has 1 aliphatic heterocycles. The van der Waals surface area contributed by atoms with Gasteiger partial charge >= 0.3 is 24.0 Å². The number of alkyl carbamates (subject to hydrolysis) is 1. The Balaban J connectivity index is 3.06. The van der Waals surface area contributed by atoms with Crippen molar-refractivity contribution in [2.75, 3.05) is 13.2 Å². The summed E-state index contributed by atoms with van der Waals surface area (Å²) in [6.45, 7) is 2.60. The van der Waals surface area contributed by atoms with Crippen LogP contribution in [0.4, 0.5) is 4.79 Å². The van der Waals surface area contributed by atoms with Crippen molar-refractivity contribution in [3.05, 3.63) is 0 Å². The maximum atomic E-state index is 12.1. The predicted molar refractivity (Wildman–Crippen MR) is 104 cm³/mol. The average molecular weight is 544 g/mol. The average Bonchev–Trinajstić information content (AvgIpc) is 2.55. The molecular weight excluding hydrogens is 524 g/mol. The highest BCUT2D eigenvalue weighted by Gasteiger charge is 2.50. The Labute approximate surface area is 189 Å². The number of hydrogen-bond donors (Lipinski definition) is 1. The minimum absolute atomic E-state index is 0.294. The molecule has 5 atom stereocenters. The van der Waals surface area contributed by atoms with E-state index in [1.54, 1.807) is 0 Å². The molecule has 0 aliphatic carbocycles. The maximum Gasteiger partial charge on any atom is 0.407 e. The summed E-state index contributed by atoms with van der Waals surface area (Å²) in [6, 6.07) is -1.07. The van der Waals surface area contributed by atoms with Gasteiger partial charge in [0.2, 0.25) is 3.79 Å². The van der Waals surface area contributed by atoms with Crippen molar-refractivity contribution in [3.63, 3.8) is 0 Å². The van der Waals surface area contributed by atoms with Gasteiger partial charge in [-0.1, -0.05) is 50.7 Å². The number of amides is 1. The molecule has 1 rings (SSSR count). The largest absolute Gasteiger partial charge is 0.463 e. The quantitative estimate of drug-likeness (QED) is 0.304. The summed E-state index contributed by atoms with van der Waals surface area (Å²) in [5.41, 5.74) is 0. The van der Waals surface area contributed by atoms with Crippen LogP contribution in [-0.4, -0.2) is 70.4 Å². The third kappa shape index (κ3) is 9.56. The molecule has 0 spiro atoms. The van der Waals surface area contributed by atoms with Crippen LogP contribution in [0.25, 0.3) is 0 Å². The minimum atomic E-state index is -1.83. The van der Waals surface area contributed by atoms with Crippen LogP contribution in [-0.2, 0) is 38.1 Å². The first-order valence-electron chi connectivity index (χ1n) is 8.07. The van der Waals surface area contributed by atoms with E-state index in [-0.39, 0.29) is 6.61 Å². The van der Waals surface area contributed by atoms with Crippen molar-refractivity contribution in [3.8, 4) is 0 Å². The lowest BCUT2D eigenvalue weighted by atomic mass is 9.97. The van der Waals surface area contributed by atoms with Crippen LogP contribution in [0, 0.1) is 0 Å². The van der Waals surface area contributed by atoms with E-state index in [0.717, 1.165) is 13.8 Å². The fraction of sp³-hybridized carbons (Fsp3) is 0.733. The van der Waals surface area contributed by atoms with E-state index in [2.05, 4.69) is 21.2 Å². The van der Waals surface area contributed by atoms with Crippen LogP contribution in [0.1, 0.15) is 20.8 Å². The molecule has 10 nitrogen and oxygen atoms in total. The molecule has 1 saturated heterocycles. The zero-order valence-electron chi connectivity index (χ0n) is 15.5. The summed E-state index contributed by atoms with van der Waals surface area (Å²) in [5, 5.41) is 1.46. The lowest BCUT2D eigenvalue weighted by molar-refractivity contribution is -0.210. The molecule has 0 unspecified atom stereocenters. The van der Waals surface area contributed by atoms with Gasteiger partial charge in [0.25, 0.3) is 0 Å². The van der Waals surface area contributed by atoms with Crippen LogP contribution in [0.2, 0.25) is 0 Å². The molecular formula is C15H19BrCl3NO9. The maximum absolute atomic E-state index is 12.1. The summed E-state index contributed by atoms with van der Waals surface area (Å²) < 4.78 is 24.0. The van der Waals surface area contributed by atoms with Crippen LogP contribution < -0.4 is 5.32 Å². The zero-order chi connectivity index (χ0) is 22.4. The van der Waals surface area contributed by atoms with Gasteiger partial charge in [-0.3, -0.25) is 14.4 Å². The first-order valence-corrected chi connectivity index (χ1v) is 10.1. The summed E-state index contributed by atoms with van der Waals surface area (Å²) >= 11 is 19.8. The molecule has 0 saturated carbocycles. The van der Waals surface area contributed by atoms with Gasteiger partial charge in [0, 0.05) is 20.8 Å². The lowest BCUT2D eigenvalue weighted by Gasteiger charge is -2.43. The van der Waals surface area contributed by atoms with Crippen LogP contribution >= 0.6 is 50.7 Å². The number of esters is 3. The van der Waals surface area contributed by atoms with Gasteiger partial charge in [-0.15, -0.1) is 0 Å². The number of ether oxygens (including phenoxy) is 5. The Kier molecular flexibility index (Phi) is 10.2. The minimum Gasteiger partial charge on any atom is -0.463 e. The highest BCUT2D eigenvalue weighted by atomic mass is 79.9. The molecule has 29 heavy (non-hydrogen) atoms. The number of rotatable bonds is 6. The highest BCUT2D eigenvalue weighted by molar-refractivity contribution is 9.09. The van der Waals surface area contributed by atoms with Gasteiger partial charge < -0.3 is 29.0 Å². The molecule has 0 bridgehead atoms. The fourth-order valence-corrected chi connectivity index (χ4v) is 3.24. The first-order chi connectivity index (χ1) is 13.3. The highest BCUT2D eigenvalue weighted by Crippen LogP contribution is 2.30. The fourth-order valence-electron chi connectivity index (χ4n) is 2.37. The molecule has 0 aromatic carbocycles. The van der Waals surface area contributed by atoms with E-state index in [0.29, 0.717) is 0 Å². The topological polar surface area (TPSA) is 126 Å². The number of hydrogen-bond acceptors (Lipinski definition) is 9. The van der Waals surface area contributed by atoms with Crippen LogP contribution in [0.15, 0.2) is 0 Å². The molecule has 166 valence electrons. The van der Waals surface area contributed by atoms with Crippen molar-refractivity contribution < 1.29 is 42.9 Å². The van der Waals surface area contributed by atoms with E-state index >= 15 is 0 Å². The second-order valence-electron chi connectivity index (χ2n) is 5.84. The predicted octanol–water partition coefficient (Wildman–Crippen LogP) is 2.00. The SMILES string of the molecule is CC(=O)OC[C@H]1O[C@@H](Br)[C@H](NC(=O)OCC(Cl)(Cl)Cl)[C@@H](OC(C)=O)[C@@H]1OC(C)=O. The van der Waals surface area contributed by atoms with Crippen molar-refractivity contribution in [2.45, 2.75) is 53.9 Å². The van der Waals surface area contributed by atoms with E-state index in [1.807, 2.05) is 0 Å². The zero-order valence-corrected chi connectivity index (χ0v) is 19.3. The number of halogens is 4. The molecule has 14 heteroatoms. The van der Waals surface area contributed by atoms with Crippen molar-refractivity contribution in [1.29, 1.82) is 0 Å². The number of alkyl halides is 4. The molecule has 1 amide bonds. The standard InChI is InChI=1S/C15H19BrCl3NO9/c1-6(21)25-4-9-11(27-7(2)22)12(28-8(3)23)10(13(16)29-9)20-14(24)26-5-15(17,18)19/h9-13H,4-5H2,1-3H3,(H,20,24)/t9-,10-,11-,12-,13-/m1/s1. The first kappa shape index (κ1) is 26.0. The van der Waals surface area contributed by atoms with Gasteiger partial charge in [-0.2, -0.15) is 0 Å². The van der Waals surface area contributed by atoms with E-state index < -0.39 is 63.8 Å². The smallest absolute Gasteiger partial charge is 0.407 e.